The third-order valence-electron chi connectivity index (χ3n) is 6.36. The molecule has 0 spiro atoms. The van der Waals surface area contributed by atoms with Gasteiger partial charge in [0.05, 0.1) is 32.5 Å². The van der Waals surface area contributed by atoms with Crippen LogP contribution >= 0.6 is 23.2 Å². The largest absolute Gasteiger partial charge is 0.380 e. The summed E-state index contributed by atoms with van der Waals surface area (Å²) >= 11 is 12.2. The molecule has 174 valence electrons. The Bertz CT molecular complexity index is 1130. The molecule has 2 aliphatic carbocycles. The van der Waals surface area contributed by atoms with Crippen molar-refractivity contribution in [2.75, 3.05) is 26.0 Å². The summed E-state index contributed by atoms with van der Waals surface area (Å²) in [4.78, 5) is 35.9. The van der Waals surface area contributed by atoms with Crippen LogP contribution < -0.4 is 5.32 Å². The zero-order valence-electron chi connectivity index (χ0n) is 19.1. The van der Waals surface area contributed by atoms with Crippen LogP contribution in [0.3, 0.4) is 0 Å². The van der Waals surface area contributed by atoms with Crippen molar-refractivity contribution < 1.29 is 9.59 Å². The normalized spacial score (nSPS) is 21.8. The topological polar surface area (TPSA) is 75.2 Å². The van der Waals surface area contributed by atoms with E-state index in [4.69, 9.17) is 28.2 Å². The molecule has 1 saturated carbocycles. The molecule has 2 aromatic rings. The second-order valence-electron chi connectivity index (χ2n) is 9.22. The molecule has 0 aromatic carbocycles. The van der Waals surface area contributed by atoms with E-state index in [1.165, 1.54) is 0 Å². The van der Waals surface area contributed by atoms with Gasteiger partial charge in [-0.3, -0.25) is 14.6 Å². The Balaban J connectivity index is 1.67. The van der Waals surface area contributed by atoms with Gasteiger partial charge in [-0.05, 0) is 76.9 Å². The van der Waals surface area contributed by atoms with Gasteiger partial charge in [0.25, 0.3) is 0 Å². The zero-order valence-corrected chi connectivity index (χ0v) is 20.6. The standard InChI is InChI=1S/C25H28Cl2N4O2/c1-14(32)18-12-28-22-9-8-21(16-10-19(26)25(33)20(27)11-16)30-24(22)23(18)29-17-6-4-15(5-7-17)13-31(2)3/h8-12,15-17H,4-7,13H2,1-3H3,(H,28,29). The molecule has 2 aromatic heterocycles. The number of rotatable bonds is 6. The van der Waals surface area contributed by atoms with Crippen LogP contribution in [0.2, 0.25) is 0 Å². The number of allylic oxidation sites excluding steroid dienone is 4. The van der Waals surface area contributed by atoms with E-state index in [9.17, 15) is 9.59 Å². The summed E-state index contributed by atoms with van der Waals surface area (Å²) in [6.07, 6.45) is 9.29. The number of nitrogens with one attached hydrogen (secondary N) is 1. The van der Waals surface area contributed by atoms with Crippen molar-refractivity contribution in [3.05, 3.63) is 51.8 Å². The maximum Gasteiger partial charge on any atom is 0.215 e. The van der Waals surface area contributed by atoms with Gasteiger partial charge in [-0.2, -0.15) is 0 Å². The molecular formula is C25H28Cl2N4O2. The molecule has 0 aliphatic heterocycles. The van der Waals surface area contributed by atoms with Gasteiger partial charge in [-0.1, -0.05) is 23.2 Å². The van der Waals surface area contributed by atoms with Crippen molar-refractivity contribution in [1.82, 2.24) is 14.9 Å². The van der Waals surface area contributed by atoms with Gasteiger partial charge >= 0.3 is 0 Å². The number of carbonyl (C=O) groups excluding carboxylic acids is 2. The second-order valence-corrected chi connectivity index (χ2v) is 10.0. The zero-order chi connectivity index (χ0) is 23.7. The Kier molecular flexibility index (Phi) is 7.17. The molecule has 2 heterocycles. The predicted molar refractivity (Wildman–Crippen MR) is 133 cm³/mol. The Morgan fingerprint density at radius 3 is 2.39 bits per heavy atom. The Hall–Kier alpha value is -2.28. The predicted octanol–water partition coefficient (Wildman–Crippen LogP) is 5.28. The smallest absolute Gasteiger partial charge is 0.215 e. The third kappa shape index (κ3) is 5.29. The number of Topliss-reactive ketones (excluding diaryl/α,β-unsaturated/α-hetero) is 2. The minimum Gasteiger partial charge on any atom is -0.380 e. The Labute approximate surface area is 204 Å². The molecule has 1 fully saturated rings. The lowest BCUT2D eigenvalue weighted by Crippen LogP contribution is -2.31. The minimum absolute atomic E-state index is 0.0606. The summed E-state index contributed by atoms with van der Waals surface area (Å²) in [5.74, 6) is -0.0774. The SMILES string of the molecule is CC(=O)c1cnc2ccc(C3C=C(Cl)C(=O)C(Cl)=C3)nc2c1NC1CCC(CN(C)C)CC1. The second kappa shape index (κ2) is 9.92. The van der Waals surface area contributed by atoms with E-state index in [-0.39, 0.29) is 33.6 Å². The first-order valence-electron chi connectivity index (χ1n) is 11.2. The van der Waals surface area contributed by atoms with Gasteiger partial charge in [-0.15, -0.1) is 0 Å². The van der Waals surface area contributed by atoms with Gasteiger partial charge in [-0.25, -0.2) is 4.98 Å². The van der Waals surface area contributed by atoms with Crippen molar-refractivity contribution in [2.45, 2.75) is 44.6 Å². The highest BCUT2D eigenvalue weighted by molar-refractivity contribution is 6.55. The molecule has 0 bridgehead atoms. The first kappa shape index (κ1) is 23.9. The number of halogens is 2. The van der Waals surface area contributed by atoms with Gasteiger partial charge < -0.3 is 10.2 Å². The molecule has 4 rings (SSSR count). The number of hydrogen-bond donors (Lipinski definition) is 1. The van der Waals surface area contributed by atoms with E-state index in [1.807, 2.05) is 12.1 Å². The maximum atomic E-state index is 12.4. The fourth-order valence-corrected chi connectivity index (χ4v) is 5.21. The molecule has 0 radical (unpaired) electrons. The van der Waals surface area contributed by atoms with Crippen LogP contribution in [0, 0.1) is 5.92 Å². The molecule has 1 N–H and O–H groups in total. The number of fused-ring (bicyclic) bond motifs is 1. The maximum absolute atomic E-state index is 12.4. The highest BCUT2D eigenvalue weighted by Crippen LogP contribution is 2.34. The van der Waals surface area contributed by atoms with Crippen LogP contribution in [0.5, 0.6) is 0 Å². The third-order valence-corrected chi connectivity index (χ3v) is 6.95. The molecule has 0 unspecified atom stereocenters. The van der Waals surface area contributed by atoms with Crippen molar-refractivity contribution >= 4 is 51.5 Å². The van der Waals surface area contributed by atoms with Crippen molar-refractivity contribution in [3.63, 3.8) is 0 Å². The van der Waals surface area contributed by atoms with Crippen molar-refractivity contribution in [1.29, 1.82) is 0 Å². The van der Waals surface area contributed by atoms with Gasteiger partial charge in [0.1, 0.15) is 5.52 Å². The molecular weight excluding hydrogens is 459 g/mol. The molecule has 33 heavy (non-hydrogen) atoms. The molecule has 0 amide bonds. The van der Waals surface area contributed by atoms with Crippen LogP contribution in [0.25, 0.3) is 11.0 Å². The number of carbonyl (C=O) groups is 2. The highest BCUT2D eigenvalue weighted by Gasteiger charge is 2.26. The molecule has 6 nitrogen and oxygen atoms in total. The molecule has 8 heteroatoms. The fourth-order valence-electron chi connectivity index (χ4n) is 4.69. The van der Waals surface area contributed by atoms with Gasteiger partial charge in [0, 0.05) is 24.7 Å². The summed E-state index contributed by atoms with van der Waals surface area (Å²) in [5.41, 5.74) is 3.28. The summed E-state index contributed by atoms with van der Waals surface area (Å²) in [6, 6.07) is 4.00. The lowest BCUT2D eigenvalue weighted by Gasteiger charge is -2.31. The average Bonchev–Trinajstić information content (AvgIpc) is 2.77. The molecule has 2 aliphatic rings. The Morgan fingerprint density at radius 2 is 1.79 bits per heavy atom. The number of pyridine rings is 2. The van der Waals surface area contributed by atoms with Crippen molar-refractivity contribution in [3.8, 4) is 0 Å². The minimum atomic E-state index is -0.386. The monoisotopic (exact) mass is 486 g/mol. The van der Waals surface area contributed by atoms with Gasteiger partial charge in [0.15, 0.2) is 5.78 Å². The highest BCUT2D eigenvalue weighted by atomic mass is 35.5. The number of nitrogens with zero attached hydrogens (tertiary/aromatic N) is 3. The first-order chi connectivity index (χ1) is 15.7. The first-order valence-corrected chi connectivity index (χ1v) is 12.0. The quantitative estimate of drug-likeness (QED) is 0.559. The van der Waals surface area contributed by atoms with Gasteiger partial charge in [0.2, 0.25) is 5.78 Å². The van der Waals surface area contributed by atoms with E-state index < -0.39 is 0 Å². The van der Waals surface area contributed by atoms with Crippen molar-refractivity contribution in [2.24, 2.45) is 5.92 Å². The Morgan fingerprint density at radius 1 is 1.12 bits per heavy atom. The number of ketones is 2. The van der Waals surface area contributed by atoms with E-state index in [0.717, 1.165) is 37.9 Å². The molecule has 0 atom stereocenters. The van der Waals surface area contributed by atoms with E-state index in [2.05, 4.69) is 29.3 Å². The van der Waals surface area contributed by atoms with Crippen LogP contribution in [-0.4, -0.2) is 53.1 Å². The number of aromatic nitrogens is 2. The van der Waals surface area contributed by atoms with E-state index in [1.54, 1.807) is 25.3 Å². The van der Waals surface area contributed by atoms with Crippen LogP contribution in [0.4, 0.5) is 5.69 Å². The van der Waals surface area contributed by atoms with Crippen LogP contribution in [-0.2, 0) is 4.79 Å². The number of anilines is 1. The van der Waals surface area contributed by atoms with E-state index >= 15 is 0 Å². The summed E-state index contributed by atoms with van der Waals surface area (Å²) in [6.45, 7) is 2.65. The van der Waals surface area contributed by atoms with Crippen LogP contribution in [0.15, 0.2) is 40.5 Å². The fraction of sp³-hybridized carbons (Fsp3) is 0.440. The summed E-state index contributed by atoms with van der Waals surface area (Å²) in [7, 11) is 4.23. The number of hydrogen-bond acceptors (Lipinski definition) is 6. The molecule has 0 saturated heterocycles. The summed E-state index contributed by atoms with van der Waals surface area (Å²) < 4.78 is 0. The lowest BCUT2D eigenvalue weighted by molar-refractivity contribution is -0.111. The summed E-state index contributed by atoms with van der Waals surface area (Å²) in [5, 5.41) is 3.79. The average molecular weight is 487 g/mol. The van der Waals surface area contributed by atoms with Crippen LogP contribution in [0.1, 0.15) is 54.6 Å². The lowest BCUT2D eigenvalue weighted by atomic mass is 9.85. The van der Waals surface area contributed by atoms with E-state index in [0.29, 0.717) is 28.2 Å².